The summed E-state index contributed by atoms with van der Waals surface area (Å²) in [5.74, 6) is 0. The van der Waals surface area contributed by atoms with Crippen LogP contribution >= 0.6 is 0 Å². The molecule has 0 aromatic rings. The lowest BCUT2D eigenvalue weighted by atomic mass is 9.88. The Bertz CT molecular complexity index is 164. The molecule has 84 valence electrons. The molecule has 0 aromatic carbocycles. The number of hydrogen-bond acceptors (Lipinski definition) is 2. The second kappa shape index (κ2) is 5.13. The lowest BCUT2D eigenvalue weighted by molar-refractivity contribution is 0.0920. The van der Waals surface area contributed by atoms with Crippen LogP contribution in [0.15, 0.2) is 0 Å². The predicted molar refractivity (Wildman–Crippen MR) is 62.6 cm³/mol. The summed E-state index contributed by atoms with van der Waals surface area (Å²) in [5, 5.41) is 3.57. The minimum absolute atomic E-state index is 0.354. The van der Waals surface area contributed by atoms with Crippen molar-refractivity contribution < 1.29 is 0 Å². The van der Waals surface area contributed by atoms with Crippen molar-refractivity contribution in [3.8, 4) is 0 Å². The molecule has 1 aliphatic heterocycles. The Balaban J connectivity index is 2.62. The van der Waals surface area contributed by atoms with Gasteiger partial charge in [0.25, 0.3) is 0 Å². The van der Waals surface area contributed by atoms with Crippen molar-refractivity contribution in [3.05, 3.63) is 0 Å². The van der Waals surface area contributed by atoms with Crippen molar-refractivity contribution in [2.75, 3.05) is 19.6 Å². The average Bonchev–Trinajstić information content (AvgIpc) is 2.70. The third-order valence-electron chi connectivity index (χ3n) is 3.99. The molecular weight excluding hydrogens is 172 g/mol. The van der Waals surface area contributed by atoms with Crippen LogP contribution in [-0.2, 0) is 0 Å². The van der Waals surface area contributed by atoms with Gasteiger partial charge in [-0.15, -0.1) is 0 Å². The van der Waals surface area contributed by atoms with E-state index in [0.717, 1.165) is 6.54 Å². The fourth-order valence-electron chi connectivity index (χ4n) is 2.56. The quantitative estimate of drug-likeness (QED) is 0.729. The van der Waals surface area contributed by atoms with E-state index in [2.05, 4.69) is 37.9 Å². The molecule has 14 heavy (non-hydrogen) atoms. The summed E-state index contributed by atoms with van der Waals surface area (Å²) in [5.41, 5.74) is 0.354. The van der Waals surface area contributed by atoms with Crippen LogP contribution in [0.2, 0.25) is 0 Å². The van der Waals surface area contributed by atoms with Crippen LogP contribution in [-0.4, -0.2) is 36.1 Å². The smallest absolute Gasteiger partial charge is 0.0329 e. The first-order valence-corrected chi connectivity index (χ1v) is 6.13. The van der Waals surface area contributed by atoms with E-state index in [1.807, 2.05) is 0 Å². The molecule has 0 bridgehead atoms. The molecule has 0 aliphatic carbocycles. The van der Waals surface area contributed by atoms with E-state index in [0.29, 0.717) is 11.6 Å². The Kier molecular flexibility index (Phi) is 4.39. The van der Waals surface area contributed by atoms with Gasteiger partial charge in [-0.2, -0.15) is 0 Å². The van der Waals surface area contributed by atoms with Crippen LogP contribution in [0, 0.1) is 0 Å². The molecule has 0 saturated carbocycles. The van der Waals surface area contributed by atoms with Gasteiger partial charge in [0, 0.05) is 11.6 Å². The van der Waals surface area contributed by atoms with Gasteiger partial charge in [0.1, 0.15) is 0 Å². The molecule has 1 heterocycles. The lowest BCUT2D eigenvalue weighted by Crippen LogP contribution is -2.57. The number of nitrogens with zero attached hydrogens (tertiary/aromatic N) is 1. The van der Waals surface area contributed by atoms with E-state index in [4.69, 9.17) is 0 Å². The van der Waals surface area contributed by atoms with Gasteiger partial charge in [-0.3, -0.25) is 4.90 Å². The van der Waals surface area contributed by atoms with Crippen LogP contribution in [0.1, 0.15) is 47.0 Å². The average molecular weight is 198 g/mol. The summed E-state index contributed by atoms with van der Waals surface area (Å²) in [7, 11) is 0. The maximum atomic E-state index is 3.57. The van der Waals surface area contributed by atoms with Gasteiger partial charge in [0.05, 0.1) is 0 Å². The molecule has 2 unspecified atom stereocenters. The van der Waals surface area contributed by atoms with Crippen LogP contribution < -0.4 is 5.32 Å². The number of hydrogen-bond donors (Lipinski definition) is 1. The highest BCUT2D eigenvalue weighted by Gasteiger charge is 2.36. The summed E-state index contributed by atoms with van der Waals surface area (Å²) in [6, 6.07) is 0.593. The Morgan fingerprint density at radius 1 is 1.29 bits per heavy atom. The van der Waals surface area contributed by atoms with Crippen molar-refractivity contribution in [2.45, 2.75) is 58.5 Å². The molecule has 0 spiro atoms. The molecule has 2 heteroatoms. The fourth-order valence-corrected chi connectivity index (χ4v) is 2.56. The second-order valence-corrected chi connectivity index (χ2v) is 4.68. The summed E-state index contributed by atoms with van der Waals surface area (Å²) >= 11 is 0. The van der Waals surface area contributed by atoms with Gasteiger partial charge >= 0.3 is 0 Å². The van der Waals surface area contributed by atoms with E-state index in [-0.39, 0.29) is 0 Å². The zero-order valence-electron chi connectivity index (χ0n) is 10.3. The van der Waals surface area contributed by atoms with Crippen molar-refractivity contribution >= 4 is 0 Å². The molecule has 1 aliphatic rings. The Morgan fingerprint density at radius 3 is 2.29 bits per heavy atom. The van der Waals surface area contributed by atoms with Crippen LogP contribution in [0.5, 0.6) is 0 Å². The Labute approximate surface area is 89.1 Å². The normalized spacial score (nSPS) is 24.9. The zero-order chi connectivity index (χ0) is 10.6. The van der Waals surface area contributed by atoms with Crippen molar-refractivity contribution in [3.63, 3.8) is 0 Å². The number of likely N-dealkylation sites (N-methyl/N-ethyl adjacent to an activating group) is 1. The first-order chi connectivity index (χ1) is 6.65. The second-order valence-electron chi connectivity index (χ2n) is 4.68. The van der Waals surface area contributed by atoms with Gasteiger partial charge in [0.2, 0.25) is 0 Å². The lowest BCUT2D eigenvalue weighted by Gasteiger charge is -2.43. The molecule has 2 nitrogen and oxygen atoms in total. The standard InChI is InChI=1S/C12H26N2/c1-5-12(4,11(3)13-6-2)14-9-7-8-10-14/h11,13H,5-10H2,1-4H3. The molecule has 0 aromatic heterocycles. The maximum absolute atomic E-state index is 3.57. The molecule has 0 amide bonds. The van der Waals surface area contributed by atoms with Crippen LogP contribution in [0.4, 0.5) is 0 Å². The third kappa shape index (κ3) is 2.29. The molecule has 1 N–H and O–H groups in total. The number of likely N-dealkylation sites (tertiary alicyclic amines) is 1. The van der Waals surface area contributed by atoms with Crippen molar-refractivity contribution in [1.29, 1.82) is 0 Å². The maximum Gasteiger partial charge on any atom is 0.0329 e. The number of rotatable bonds is 5. The van der Waals surface area contributed by atoms with E-state index in [9.17, 15) is 0 Å². The Morgan fingerprint density at radius 2 is 1.86 bits per heavy atom. The molecule has 1 rings (SSSR count). The van der Waals surface area contributed by atoms with Gasteiger partial charge in [0.15, 0.2) is 0 Å². The SMILES string of the molecule is CCNC(C)C(C)(CC)N1CCCC1. The van der Waals surface area contributed by atoms with Crippen molar-refractivity contribution in [1.82, 2.24) is 10.2 Å². The molecular formula is C12H26N2. The minimum Gasteiger partial charge on any atom is -0.313 e. The topological polar surface area (TPSA) is 15.3 Å². The van der Waals surface area contributed by atoms with Crippen LogP contribution in [0.25, 0.3) is 0 Å². The predicted octanol–water partition coefficient (Wildman–Crippen LogP) is 2.25. The highest BCUT2D eigenvalue weighted by atomic mass is 15.2. The highest BCUT2D eigenvalue weighted by molar-refractivity contribution is 4.95. The largest absolute Gasteiger partial charge is 0.313 e. The first-order valence-electron chi connectivity index (χ1n) is 6.13. The van der Waals surface area contributed by atoms with Gasteiger partial charge in [-0.05, 0) is 52.7 Å². The fraction of sp³-hybridized carbons (Fsp3) is 1.00. The van der Waals surface area contributed by atoms with Crippen molar-refractivity contribution in [2.24, 2.45) is 0 Å². The van der Waals surface area contributed by atoms with E-state index in [1.165, 1.54) is 32.4 Å². The monoisotopic (exact) mass is 198 g/mol. The summed E-state index contributed by atoms with van der Waals surface area (Å²) in [6.45, 7) is 12.9. The van der Waals surface area contributed by atoms with Crippen LogP contribution in [0.3, 0.4) is 0 Å². The van der Waals surface area contributed by atoms with E-state index >= 15 is 0 Å². The Hall–Kier alpha value is -0.0800. The minimum atomic E-state index is 0.354. The van der Waals surface area contributed by atoms with E-state index in [1.54, 1.807) is 0 Å². The molecule has 1 saturated heterocycles. The zero-order valence-corrected chi connectivity index (χ0v) is 10.3. The summed E-state index contributed by atoms with van der Waals surface area (Å²) in [6.07, 6.45) is 4.00. The van der Waals surface area contributed by atoms with E-state index < -0.39 is 0 Å². The summed E-state index contributed by atoms with van der Waals surface area (Å²) < 4.78 is 0. The summed E-state index contributed by atoms with van der Waals surface area (Å²) in [4.78, 5) is 2.67. The highest BCUT2D eigenvalue weighted by Crippen LogP contribution is 2.27. The molecule has 1 fully saturated rings. The van der Waals surface area contributed by atoms with Gasteiger partial charge in [-0.25, -0.2) is 0 Å². The first kappa shape index (κ1) is 12.0. The van der Waals surface area contributed by atoms with Gasteiger partial charge < -0.3 is 5.32 Å². The van der Waals surface area contributed by atoms with Gasteiger partial charge in [-0.1, -0.05) is 13.8 Å². The number of nitrogens with one attached hydrogen (secondary N) is 1. The molecule has 2 atom stereocenters. The third-order valence-corrected chi connectivity index (χ3v) is 3.99. The molecule has 0 radical (unpaired) electrons.